The van der Waals surface area contributed by atoms with Crippen LogP contribution < -0.4 is 14.8 Å². The predicted octanol–water partition coefficient (Wildman–Crippen LogP) is 3.53. The Morgan fingerprint density at radius 1 is 1.17 bits per heavy atom. The molecule has 1 aromatic carbocycles. The monoisotopic (exact) mass is 425 g/mol. The topological polar surface area (TPSA) is 93.9 Å². The largest absolute Gasteiger partial charge is 0.490 e. The lowest BCUT2D eigenvalue weighted by atomic mass is 9.91. The Morgan fingerprint density at radius 3 is 2.80 bits per heavy atom. The molecule has 154 valence electrons. The summed E-state index contributed by atoms with van der Waals surface area (Å²) in [6.07, 6.45) is 0.788. The highest BCUT2D eigenvalue weighted by Crippen LogP contribution is 2.37. The number of carbonyl (C=O) groups is 2. The van der Waals surface area contributed by atoms with Crippen LogP contribution in [0.15, 0.2) is 46.3 Å². The van der Waals surface area contributed by atoms with E-state index in [-0.39, 0.29) is 12.5 Å². The molecule has 3 amide bonds. The van der Waals surface area contributed by atoms with Crippen LogP contribution in [0.3, 0.4) is 0 Å². The average molecular weight is 425 g/mol. The molecule has 9 heteroatoms. The third-order valence-electron chi connectivity index (χ3n) is 5.24. The zero-order valence-corrected chi connectivity index (χ0v) is 17.0. The van der Waals surface area contributed by atoms with Crippen LogP contribution >= 0.6 is 11.3 Å². The normalized spacial score (nSPS) is 20.9. The summed E-state index contributed by atoms with van der Waals surface area (Å²) in [6, 6.07) is 10.4. The van der Waals surface area contributed by atoms with Crippen molar-refractivity contribution in [3.63, 3.8) is 0 Å². The summed E-state index contributed by atoms with van der Waals surface area (Å²) in [5.74, 6) is 1.46. The van der Waals surface area contributed by atoms with Gasteiger partial charge in [-0.2, -0.15) is 0 Å². The predicted molar refractivity (Wildman–Crippen MR) is 108 cm³/mol. The first-order chi connectivity index (χ1) is 14.5. The first-order valence-electron chi connectivity index (χ1n) is 9.58. The van der Waals surface area contributed by atoms with Gasteiger partial charge in [0.15, 0.2) is 17.3 Å². The van der Waals surface area contributed by atoms with E-state index in [1.807, 2.05) is 17.5 Å². The Hall–Kier alpha value is -3.33. The number of carbonyl (C=O) groups excluding carboxylic acids is 2. The maximum absolute atomic E-state index is 13.2. The second kappa shape index (κ2) is 7.17. The number of benzene rings is 1. The summed E-state index contributed by atoms with van der Waals surface area (Å²) < 4.78 is 16.7. The second-order valence-electron chi connectivity index (χ2n) is 7.32. The van der Waals surface area contributed by atoms with Crippen molar-refractivity contribution in [2.45, 2.75) is 25.4 Å². The zero-order valence-electron chi connectivity index (χ0n) is 16.2. The van der Waals surface area contributed by atoms with Gasteiger partial charge < -0.3 is 19.3 Å². The fourth-order valence-electron chi connectivity index (χ4n) is 3.59. The van der Waals surface area contributed by atoms with Crippen LogP contribution in [0.25, 0.3) is 10.6 Å². The molecular formula is C21H19N3O5S. The average Bonchev–Trinajstić information content (AvgIpc) is 3.43. The van der Waals surface area contributed by atoms with Crippen molar-refractivity contribution < 1.29 is 23.6 Å². The standard InChI is InChI=1S/C21H19N3O5S/c1-21(13-5-6-15-16(10-13)28-8-3-7-27-15)19(25)24(20(26)22-21)12-14-11-17(29-23-14)18-4-2-9-30-18/h2,4-6,9-11H,3,7-8,12H2,1H3,(H,22,26). The molecule has 0 aliphatic carbocycles. The summed E-state index contributed by atoms with van der Waals surface area (Å²) in [5.41, 5.74) is -0.0703. The number of hydrogen-bond donors (Lipinski definition) is 1. The minimum Gasteiger partial charge on any atom is -0.490 e. The van der Waals surface area contributed by atoms with Gasteiger partial charge in [0.05, 0.1) is 24.6 Å². The van der Waals surface area contributed by atoms with E-state index in [1.54, 1.807) is 31.2 Å². The van der Waals surface area contributed by atoms with Crippen LogP contribution in [0, 0.1) is 0 Å². The highest BCUT2D eigenvalue weighted by Gasteiger charge is 2.49. The van der Waals surface area contributed by atoms with Crippen LogP contribution in [0.1, 0.15) is 24.6 Å². The number of aromatic nitrogens is 1. The molecule has 1 saturated heterocycles. The number of rotatable bonds is 4. The molecule has 4 heterocycles. The minimum atomic E-state index is -1.21. The number of imide groups is 1. The Labute approximate surface area is 176 Å². The van der Waals surface area contributed by atoms with Crippen molar-refractivity contribution in [1.29, 1.82) is 0 Å². The Kier molecular flexibility index (Phi) is 4.47. The van der Waals surface area contributed by atoms with Crippen molar-refractivity contribution in [1.82, 2.24) is 15.4 Å². The van der Waals surface area contributed by atoms with Crippen molar-refractivity contribution >= 4 is 23.3 Å². The number of amides is 3. The molecule has 1 N–H and O–H groups in total. The number of nitrogens with zero attached hydrogens (tertiary/aromatic N) is 2. The minimum absolute atomic E-state index is 0.0275. The molecule has 2 aromatic heterocycles. The molecule has 30 heavy (non-hydrogen) atoms. The lowest BCUT2D eigenvalue weighted by Crippen LogP contribution is -2.40. The van der Waals surface area contributed by atoms with Gasteiger partial charge in [-0.25, -0.2) is 4.79 Å². The van der Waals surface area contributed by atoms with E-state index in [1.165, 1.54) is 11.3 Å². The zero-order chi connectivity index (χ0) is 20.7. The number of ether oxygens (including phenoxy) is 2. The molecule has 2 aliphatic rings. The molecule has 3 aromatic rings. The molecule has 8 nitrogen and oxygen atoms in total. The van der Waals surface area contributed by atoms with E-state index in [0.717, 1.165) is 16.2 Å². The molecule has 0 saturated carbocycles. The van der Waals surface area contributed by atoms with Gasteiger partial charge in [-0.05, 0) is 36.1 Å². The molecule has 5 rings (SSSR count). The second-order valence-corrected chi connectivity index (χ2v) is 8.27. The number of nitrogens with one attached hydrogen (secondary N) is 1. The lowest BCUT2D eigenvalue weighted by Gasteiger charge is -2.23. The first kappa shape index (κ1) is 18.7. The number of hydrogen-bond acceptors (Lipinski definition) is 7. The summed E-state index contributed by atoms with van der Waals surface area (Å²) in [5, 5.41) is 8.76. The molecule has 1 fully saturated rings. The summed E-state index contributed by atoms with van der Waals surface area (Å²) in [7, 11) is 0. The quantitative estimate of drug-likeness (QED) is 0.643. The smallest absolute Gasteiger partial charge is 0.325 e. The highest BCUT2D eigenvalue weighted by atomic mass is 32.1. The Balaban J connectivity index is 1.39. The number of fused-ring (bicyclic) bond motifs is 1. The van der Waals surface area contributed by atoms with Gasteiger partial charge in [-0.15, -0.1) is 11.3 Å². The van der Waals surface area contributed by atoms with Gasteiger partial charge >= 0.3 is 6.03 Å². The van der Waals surface area contributed by atoms with Crippen LogP contribution in [-0.4, -0.2) is 35.2 Å². The van der Waals surface area contributed by atoms with Crippen molar-refractivity contribution in [3.05, 3.63) is 53.0 Å². The summed E-state index contributed by atoms with van der Waals surface area (Å²) in [6.45, 7) is 2.84. The molecule has 2 aliphatic heterocycles. The Bertz CT molecular complexity index is 1110. The van der Waals surface area contributed by atoms with E-state index in [9.17, 15) is 9.59 Å². The molecule has 1 atom stereocenters. The van der Waals surface area contributed by atoms with Gasteiger partial charge in [0, 0.05) is 12.5 Å². The summed E-state index contributed by atoms with van der Waals surface area (Å²) >= 11 is 1.53. The maximum Gasteiger partial charge on any atom is 0.325 e. The van der Waals surface area contributed by atoms with Gasteiger partial charge in [0.25, 0.3) is 5.91 Å². The van der Waals surface area contributed by atoms with E-state index in [2.05, 4.69) is 10.5 Å². The van der Waals surface area contributed by atoms with Crippen LogP contribution in [-0.2, 0) is 16.9 Å². The van der Waals surface area contributed by atoms with Crippen molar-refractivity contribution in [2.75, 3.05) is 13.2 Å². The maximum atomic E-state index is 13.2. The third kappa shape index (κ3) is 3.11. The fourth-order valence-corrected chi connectivity index (χ4v) is 4.27. The molecule has 0 spiro atoms. The van der Waals surface area contributed by atoms with E-state index in [4.69, 9.17) is 14.0 Å². The first-order valence-corrected chi connectivity index (χ1v) is 10.5. The molecule has 1 unspecified atom stereocenters. The molecule has 0 bridgehead atoms. The Morgan fingerprint density at radius 2 is 2.00 bits per heavy atom. The third-order valence-corrected chi connectivity index (χ3v) is 6.13. The number of urea groups is 1. The van der Waals surface area contributed by atoms with Gasteiger partial charge in [-0.1, -0.05) is 17.3 Å². The van der Waals surface area contributed by atoms with E-state index < -0.39 is 11.6 Å². The SMILES string of the molecule is CC1(c2ccc3c(c2)OCCCO3)NC(=O)N(Cc2cc(-c3cccs3)on2)C1=O. The van der Waals surface area contributed by atoms with Gasteiger partial charge in [-0.3, -0.25) is 9.69 Å². The highest BCUT2D eigenvalue weighted by molar-refractivity contribution is 7.13. The van der Waals surface area contributed by atoms with Crippen molar-refractivity contribution in [3.8, 4) is 22.1 Å². The van der Waals surface area contributed by atoms with Crippen LogP contribution in [0.5, 0.6) is 11.5 Å². The molecular weight excluding hydrogens is 406 g/mol. The lowest BCUT2D eigenvalue weighted by molar-refractivity contribution is -0.131. The van der Waals surface area contributed by atoms with Gasteiger partial charge in [0.2, 0.25) is 0 Å². The van der Waals surface area contributed by atoms with Crippen LogP contribution in [0.2, 0.25) is 0 Å². The summed E-state index contributed by atoms with van der Waals surface area (Å²) in [4.78, 5) is 28.0. The van der Waals surface area contributed by atoms with Gasteiger partial charge in [0.1, 0.15) is 11.2 Å². The van der Waals surface area contributed by atoms with Crippen molar-refractivity contribution in [2.24, 2.45) is 0 Å². The number of thiophene rings is 1. The van der Waals surface area contributed by atoms with E-state index in [0.29, 0.717) is 41.7 Å². The molecule has 0 radical (unpaired) electrons. The fraction of sp³-hybridized carbons (Fsp3) is 0.286. The van der Waals surface area contributed by atoms with E-state index >= 15 is 0 Å². The van der Waals surface area contributed by atoms with Crippen LogP contribution in [0.4, 0.5) is 4.79 Å².